The molecule has 0 bridgehead atoms. The monoisotopic (exact) mass is 425 g/mol. The van der Waals surface area contributed by atoms with Crippen LogP contribution in [0.2, 0.25) is 0 Å². The molecule has 0 radical (unpaired) electrons. The van der Waals surface area contributed by atoms with Gasteiger partial charge in [-0.2, -0.15) is 0 Å². The summed E-state index contributed by atoms with van der Waals surface area (Å²) in [6.07, 6.45) is 1.79. The topological polar surface area (TPSA) is 57.4 Å². The van der Waals surface area contributed by atoms with Crippen LogP contribution in [0.15, 0.2) is 72.8 Å². The van der Waals surface area contributed by atoms with Crippen molar-refractivity contribution in [3.05, 3.63) is 95.2 Å². The highest BCUT2D eigenvalue weighted by atomic mass is 16.5. The molecule has 0 fully saturated rings. The minimum absolute atomic E-state index is 0.0978. The Morgan fingerprint density at radius 3 is 2.53 bits per heavy atom. The number of hydrogen-bond acceptors (Lipinski definition) is 2. The molecule has 0 spiro atoms. The molecule has 0 saturated heterocycles. The van der Waals surface area contributed by atoms with Gasteiger partial charge in [-0.05, 0) is 59.9 Å². The zero-order valence-electron chi connectivity index (χ0n) is 18.4. The van der Waals surface area contributed by atoms with E-state index in [0.29, 0.717) is 6.54 Å². The van der Waals surface area contributed by atoms with Crippen molar-refractivity contribution in [1.29, 1.82) is 0 Å². The first kappa shape index (κ1) is 20.2. The largest absolute Gasteiger partial charge is 0.497 e. The molecule has 162 valence electrons. The summed E-state index contributed by atoms with van der Waals surface area (Å²) in [7, 11) is 1.66. The van der Waals surface area contributed by atoms with E-state index in [1.807, 2.05) is 47.4 Å². The van der Waals surface area contributed by atoms with Gasteiger partial charge in [0.2, 0.25) is 0 Å². The molecule has 1 aliphatic heterocycles. The number of amides is 2. The third-order valence-corrected chi connectivity index (χ3v) is 6.34. The van der Waals surface area contributed by atoms with Crippen LogP contribution in [0.1, 0.15) is 35.3 Å². The summed E-state index contributed by atoms with van der Waals surface area (Å²) >= 11 is 0. The van der Waals surface area contributed by atoms with Crippen LogP contribution in [0.4, 0.5) is 10.5 Å². The van der Waals surface area contributed by atoms with Crippen LogP contribution in [0, 0.1) is 0 Å². The number of para-hydroxylation sites is 1. The molecule has 1 aliphatic rings. The number of nitrogens with one attached hydrogen (secondary N) is 2. The Bertz CT molecular complexity index is 1240. The summed E-state index contributed by atoms with van der Waals surface area (Å²) in [5.41, 5.74) is 6.59. The summed E-state index contributed by atoms with van der Waals surface area (Å²) < 4.78 is 5.35. The van der Waals surface area contributed by atoms with E-state index >= 15 is 0 Å². The van der Waals surface area contributed by atoms with E-state index in [1.165, 1.54) is 16.5 Å². The lowest BCUT2D eigenvalue weighted by atomic mass is 9.92. The van der Waals surface area contributed by atoms with E-state index in [1.54, 1.807) is 7.11 Å². The number of H-pyrrole nitrogens is 1. The fourth-order valence-electron chi connectivity index (χ4n) is 4.61. The number of fused-ring (bicyclic) bond motifs is 3. The molecule has 5 rings (SSSR count). The molecule has 5 heteroatoms. The molecule has 1 aromatic heterocycles. The van der Waals surface area contributed by atoms with Gasteiger partial charge in [0.05, 0.1) is 13.2 Å². The molecular weight excluding hydrogens is 398 g/mol. The number of urea groups is 1. The van der Waals surface area contributed by atoms with Crippen LogP contribution < -0.4 is 10.1 Å². The van der Waals surface area contributed by atoms with Crippen LogP contribution in [0.5, 0.6) is 5.75 Å². The second-order valence-corrected chi connectivity index (χ2v) is 8.16. The van der Waals surface area contributed by atoms with Gasteiger partial charge in [-0.25, -0.2) is 4.79 Å². The highest BCUT2D eigenvalue weighted by Crippen LogP contribution is 2.39. The first-order chi connectivity index (χ1) is 15.7. The predicted octanol–water partition coefficient (Wildman–Crippen LogP) is 5.92. The van der Waals surface area contributed by atoms with Crippen molar-refractivity contribution in [1.82, 2.24) is 9.88 Å². The molecule has 3 aromatic carbocycles. The maximum Gasteiger partial charge on any atom is 0.322 e. The summed E-state index contributed by atoms with van der Waals surface area (Å²) in [5.74, 6) is 0.799. The quantitative estimate of drug-likeness (QED) is 0.426. The summed E-state index contributed by atoms with van der Waals surface area (Å²) in [5, 5.41) is 4.33. The normalized spacial score (nSPS) is 15.4. The van der Waals surface area contributed by atoms with Crippen molar-refractivity contribution < 1.29 is 9.53 Å². The van der Waals surface area contributed by atoms with Crippen molar-refractivity contribution in [3.8, 4) is 5.75 Å². The predicted molar refractivity (Wildman–Crippen MR) is 128 cm³/mol. The Hall–Kier alpha value is -3.73. The Morgan fingerprint density at radius 2 is 1.81 bits per heavy atom. The van der Waals surface area contributed by atoms with Crippen LogP contribution in [0.25, 0.3) is 10.9 Å². The highest BCUT2D eigenvalue weighted by Gasteiger charge is 2.34. The van der Waals surface area contributed by atoms with E-state index in [0.717, 1.165) is 41.1 Å². The molecule has 4 aromatic rings. The molecular formula is C27H27N3O2. The molecule has 0 aliphatic carbocycles. The molecule has 2 heterocycles. The molecule has 5 nitrogen and oxygen atoms in total. The van der Waals surface area contributed by atoms with Crippen LogP contribution in [-0.4, -0.2) is 29.6 Å². The second kappa shape index (κ2) is 8.42. The Labute approximate surface area is 188 Å². The minimum atomic E-state index is -0.202. The Morgan fingerprint density at radius 1 is 1.06 bits per heavy atom. The number of aryl methyl sites for hydroxylation is 1. The van der Waals surface area contributed by atoms with Crippen molar-refractivity contribution >= 4 is 22.6 Å². The fraction of sp³-hybridized carbons (Fsp3) is 0.222. The SMILES string of the molecule is CCc1ccc(NC(=O)N2CCc3c([nH]c4ccccc34)[C@H]2c2ccc(OC)cc2)cc1. The van der Waals surface area contributed by atoms with Gasteiger partial charge in [-0.1, -0.05) is 49.4 Å². The average molecular weight is 426 g/mol. The van der Waals surface area contributed by atoms with E-state index in [-0.39, 0.29) is 12.1 Å². The summed E-state index contributed by atoms with van der Waals surface area (Å²) in [6, 6.07) is 24.1. The Kier molecular flexibility index (Phi) is 5.31. The van der Waals surface area contributed by atoms with Gasteiger partial charge in [0.25, 0.3) is 0 Å². The zero-order valence-corrected chi connectivity index (χ0v) is 18.4. The number of rotatable bonds is 4. The molecule has 1 atom stereocenters. The fourth-order valence-corrected chi connectivity index (χ4v) is 4.61. The van der Waals surface area contributed by atoms with Gasteiger partial charge in [-0.15, -0.1) is 0 Å². The number of benzene rings is 3. The maximum atomic E-state index is 13.4. The standard InChI is InChI=1S/C27H27N3O2/c1-3-18-8-12-20(13-9-18)28-27(31)30-17-16-23-22-6-4-5-7-24(22)29-25(23)26(30)19-10-14-21(32-2)15-11-19/h4-15,26,29H,3,16-17H2,1-2H3,(H,28,31)/t26-/m1/s1. The van der Waals surface area contributed by atoms with Crippen molar-refractivity contribution in [2.75, 3.05) is 19.0 Å². The van der Waals surface area contributed by atoms with E-state index in [4.69, 9.17) is 4.74 Å². The zero-order chi connectivity index (χ0) is 22.1. The van der Waals surface area contributed by atoms with Crippen molar-refractivity contribution in [2.45, 2.75) is 25.8 Å². The van der Waals surface area contributed by atoms with Crippen LogP contribution >= 0.6 is 0 Å². The minimum Gasteiger partial charge on any atom is -0.497 e. The van der Waals surface area contributed by atoms with E-state index in [2.05, 4.69) is 47.6 Å². The number of ether oxygens (including phenoxy) is 1. The second-order valence-electron chi connectivity index (χ2n) is 8.16. The number of methoxy groups -OCH3 is 1. The lowest BCUT2D eigenvalue weighted by molar-refractivity contribution is 0.193. The number of hydrogen-bond donors (Lipinski definition) is 2. The van der Waals surface area contributed by atoms with Gasteiger partial charge in [-0.3, -0.25) is 0 Å². The number of nitrogens with zero attached hydrogens (tertiary/aromatic N) is 1. The summed E-state index contributed by atoms with van der Waals surface area (Å²) in [4.78, 5) is 19.0. The number of aromatic amines is 1. The third-order valence-electron chi connectivity index (χ3n) is 6.34. The molecule has 2 N–H and O–H groups in total. The average Bonchev–Trinajstić information content (AvgIpc) is 3.23. The van der Waals surface area contributed by atoms with Crippen molar-refractivity contribution in [2.24, 2.45) is 0 Å². The number of carbonyl (C=O) groups is 1. The smallest absolute Gasteiger partial charge is 0.322 e. The molecule has 32 heavy (non-hydrogen) atoms. The first-order valence-electron chi connectivity index (χ1n) is 11.1. The third kappa shape index (κ3) is 3.60. The highest BCUT2D eigenvalue weighted by molar-refractivity contribution is 5.91. The molecule has 2 amide bonds. The lowest BCUT2D eigenvalue weighted by Crippen LogP contribution is -2.43. The first-order valence-corrected chi connectivity index (χ1v) is 11.1. The molecule has 0 unspecified atom stereocenters. The van der Waals surface area contributed by atoms with Gasteiger partial charge in [0.1, 0.15) is 5.75 Å². The van der Waals surface area contributed by atoms with Crippen LogP contribution in [0.3, 0.4) is 0 Å². The van der Waals surface area contributed by atoms with Crippen LogP contribution in [-0.2, 0) is 12.8 Å². The Balaban J connectivity index is 1.53. The number of aromatic nitrogens is 1. The van der Waals surface area contributed by atoms with Gasteiger partial charge >= 0.3 is 6.03 Å². The summed E-state index contributed by atoms with van der Waals surface area (Å²) in [6.45, 7) is 2.77. The lowest BCUT2D eigenvalue weighted by Gasteiger charge is -2.36. The maximum absolute atomic E-state index is 13.4. The molecule has 0 saturated carbocycles. The van der Waals surface area contributed by atoms with Crippen molar-refractivity contribution in [3.63, 3.8) is 0 Å². The number of carbonyl (C=O) groups excluding carboxylic acids is 1. The van der Waals surface area contributed by atoms with Gasteiger partial charge < -0.3 is 19.9 Å². The van der Waals surface area contributed by atoms with Gasteiger partial charge in [0, 0.05) is 28.8 Å². The van der Waals surface area contributed by atoms with E-state index in [9.17, 15) is 4.79 Å². The van der Waals surface area contributed by atoms with Gasteiger partial charge in [0.15, 0.2) is 0 Å². The number of anilines is 1. The van der Waals surface area contributed by atoms with E-state index < -0.39 is 0 Å².